The topological polar surface area (TPSA) is 99.9 Å². The minimum Gasteiger partial charge on any atom is -0.493 e. The molecule has 8 nitrogen and oxygen atoms in total. The molecule has 0 aliphatic heterocycles. The van der Waals surface area contributed by atoms with Crippen LogP contribution in [0, 0.1) is 0 Å². The molecule has 2 heterocycles. The van der Waals surface area contributed by atoms with E-state index in [1.807, 2.05) is 0 Å². The standard InChI is InChI=1S/C21H20Cl2N2O6/c1-12(26)29-7-3-4-8-30-21-17(28-2)6-5-13-16(9-18(27)31-20(13)21)25-19-14(22)10-24-11-15(19)23/h5-6,9-11H,3-4,7-8H2,1-2H3,(H,24,25). The number of ether oxygens (including phenoxy) is 3. The van der Waals surface area contributed by atoms with Crippen LogP contribution in [0.3, 0.4) is 0 Å². The van der Waals surface area contributed by atoms with E-state index < -0.39 is 5.63 Å². The zero-order valence-corrected chi connectivity index (χ0v) is 18.4. The highest BCUT2D eigenvalue weighted by Gasteiger charge is 2.17. The Morgan fingerprint density at radius 2 is 1.87 bits per heavy atom. The molecule has 1 N–H and O–H groups in total. The number of rotatable bonds is 9. The van der Waals surface area contributed by atoms with E-state index in [1.165, 1.54) is 32.5 Å². The predicted octanol–water partition coefficient (Wildman–Crippen LogP) is 4.97. The maximum atomic E-state index is 12.3. The number of methoxy groups -OCH3 is 1. The molecule has 0 aliphatic rings. The molecule has 164 valence electrons. The Balaban J connectivity index is 1.92. The number of aromatic nitrogens is 1. The molecule has 0 saturated carbocycles. The monoisotopic (exact) mass is 466 g/mol. The van der Waals surface area contributed by atoms with Crippen LogP contribution in [-0.4, -0.2) is 31.3 Å². The third kappa shape index (κ3) is 5.59. The number of benzene rings is 1. The van der Waals surface area contributed by atoms with E-state index in [2.05, 4.69) is 10.3 Å². The summed E-state index contributed by atoms with van der Waals surface area (Å²) in [6, 6.07) is 4.73. The van der Waals surface area contributed by atoms with Gasteiger partial charge in [0.1, 0.15) is 0 Å². The minimum atomic E-state index is -0.593. The van der Waals surface area contributed by atoms with Gasteiger partial charge in [-0.2, -0.15) is 0 Å². The van der Waals surface area contributed by atoms with E-state index in [9.17, 15) is 9.59 Å². The molecule has 0 saturated heterocycles. The molecule has 0 amide bonds. The highest BCUT2D eigenvalue weighted by molar-refractivity contribution is 6.39. The van der Waals surface area contributed by atoms with Gasteiger partial charge in [-0.25, -0.2) is 4.79 Å². The molecule has 3 aromatic rings. The maximum absolute atomic E-state index is 12.3. The highest BCUT2D eigenvalue weighted by Crippen LogP contribution is 2.40. The van der Waals surface area contributed by atoms with Crippen LogP contribution in [0.1, 0.15) is 19.8 Å². The molecular formula is C21H20Cl2N2O6. The van der Waals surface area contributed by atoms with Crippen molar-refractivity contribution in [2.45, 2.75) is 19.8 Å². The fourth-order valence-electron chi connectivity index (χ4n) is 2.84. The van der Waals surface area contributed by atoms with Gasteiger partial charge in [0.05, 0.1) is 41.7 Å². The Morgan fingerprint density at radius 3 is 2.55 bits per heavy atom. The molecule has 0 radical (unpaired) electrons. The zero-order chi connectivity index (χ0) is 22.4. The van der Waals surface area contributed by atoms with Crippen molar-refractivity contribution >= 4 is 51.5 Å². The third-order valence-corrected chi connectivity index (χ3v) is 4.83. The summed E-state index contributed by atoms with van der Waals surface area (Å²) in [7, 11) is 1.49. The Kier molecular flexibility index (Phi) is 7.59. The van der Waals surface area contributed by atoms with Crippen molar-refractivity contribution < 1.29 is 23.4 Å². The summed E-state index contributed by atoms with van der Waals surface area (Å²) in [4.78, 5) is 27.0. The summed E-state index contributed by atoms with van der Waals surface area (Å²) in [6.45, 7) is 1.97. The van der Waals surface area contributed by atoms with Crippen LogP contribution < -0.4 is 20.4 Å². The lowest BCUT2D eigenvalue weighted by Crippen LogP contribution is -2.06. The number of pyridine rings is 1. The second-order valence-corrected chi connectivity index (χ2v) is 7.27. The Labute approximate surface area is 188 Å². The fraction of sp³-hybridized carbons (Fsp3) is 0.286. The summed E-state index contributed by atoms with van der Waals surface area (Å²) < 4.78 is 21.6. The maximum Gasteiger partial charge on any atom is 0.338 e. The van der Waals surface area contributed by atoms with E-state index in [-0.39, 0.29) is 11.6 Å². The lowest BCUT2D eigenvalue weighted by Gasteiger charge is -2.15. The van der Waals surface area contributed by atoms with Gasteiger partial charge in [-0.05, 0) is 25.0 Å². The van der Waals surface area contributed by atoms with Crippen LogP contribution in [0.15, 0.2) is 39.8 Å². The van der Waals surface area contributed by atoms with Crippen LogP contribution in [0.5, 0.6) is 11.5 Å². The number of anilines is 2. The predicted molar refractivity (Wildman–Crippen MR) is 118 cm³/mol. The molecule has 0 atom stereocenters. The third-order valence-electron chi connectivity index (χ3n) is 4.25. The number of unbranched alkanes of at least 4 members (excludes halogenated alkanes) is 1. The van der Waals surface area contributed by atoms with Crippen molar-refractivity contribution in [3.8, 4) is 11.5 Å². The van der Waals surface area contributed by atoms with Gasteiger partial charge in [0.2, 0.25) is 5.75 Å². The number of nitrogens with zero attached hydrogens (tertiary/aromatic N) is 1. The molecular weight excluding hydrogens is 447 g/mol. The quantitative estimate of drug-likeness (QED) is 0.268. The first-order valence-electron chi connectivity index (χ1n) is 9.37. The largest absolute Gasteiger partial charge is 0.493 e. The van der Waals surface area contributed by atoms with Gasteiger partial charge in [0.15, 0.2) is 11.3 Å². The molecule has 0 fully saturated rings. The van der Waals surface area contributed by atoms with Crippen molar-refractivity contribution in [2.75, 3.05) is 25.6 Å². The number of halogens is 2. The van der Waals surface area contributed by atoms with Crippen molar-refractivity contribution in [3.63, 3.8) is 0 Å². The molecule has 10 heteroatoms. The molecule has 0 bridgehead atoms. The molecule has 31 heavy (non-hydrogen) atoms. The van der Waals surface area contributed by atoms with Crippen molar-refractivity contribution in [3.05, 3.63) is 51.1 Å². The van der Waals surface area contributed by atoms with Gasteiger partial charge in [-0.1, -0.05) is 23.2 Å². The van der Waals surface area contributed by atoms with E-state index in [1.54, 1.807) is 12.1 Å². The van der Waals surface area contributed by atoms with Crippen LogP contribution in [0.4, 0.5) is 11.4 Å². The van der Waals surface area contributed by atoms with Gasteiger partial charge in [-0.15, -0.1) is 0 Å². The first-order valence-corrected chi connectivity index (χ1v) is 10.1. The normalized spacial score (nSPS) is 10.7. The van der Waals surface area contributed by atoms with Gasteiger partial charge in [-0.3, -0.25) is 9.78 Å². The van der Waals surface area contributed by atoms with Crippen LogP contribution in [0.2, 0.25) is 10.0 Å². The molecule has 0 unspecified atom stereocenters. The number of esters is 1. The fourth-order valence-corrected chi connectivity index (χ4v) is 3.30. The number of fused-ring (bicyclic) bond motifs is 1. The van der Waals surface area contributed by atoms with Crippen molar-refractivity contribution in [1.29, 1.82) is 0 Å². The number of hydrogen-bond donors (Lipinski definition) is 1. The average Bonchev–Trinajstić information content (AvgIpc) is 2.72. The summed E-state index contributed by atoms with van der Waals surface area (Å²) in [5.74, 6) is 0.376. The number of nitrogens with one attached hydrogen (secondary N) is 1. The lowest BCUT2D eigenvalue weighted by molar-refractivity contribution is -0.141. The zero-order valence-electron chi connectivity index (χ0n) is 16.9. The Hall–Kier alpha value is -2.97. The second kappa shape index (κ2) is 10.4. The molecule has 2 aromatic heterocycles. The average molecular weight is 467 g/mol. The summed E-state index contributed by atoms with van der Waals surface area (Å²) in [5.41, 5.74) is 0.470. The lowest BCUT2D eigenvalue weighted by atomic mass is 10.1. The van der Waals surface area contributed by atoms with Crippen LogP contribution >= 0.6 is 23.2 Å². The first-order chi connectivity index (χ1) is 14.9. The van der Waals surface area contributed by atoms with Crippen molar-refractivity contribution in [2.24, 2.45) is 0 Å². The van der Waals surface area contributed by atoms with Gasteiger partial charge < -0.3 is 23.9 Å². The summed E-state index contributed by atoms with van der Waals surface area (Å²) in [6.07, 6.45) is 4.13. The Morgan fingerprint density at radius 1 is 1.16 bits per heavy atom. The van der Waals surface area contributed by atoms with Gasteiger partial charge in [0, 0.05) is 30.8 Å². The van der Waals surface area contributed by atoms with Crippen LogP contribution in [-0.2, 0) is 9.53 Å². The van der Waals surface area contributed by atoms with E-state index >= 15 is 0 Å². The van der Waals surface area contributed by atoms with E-state index in [0.29, 0.717) is 64.4 Å². The minimum absolute atomic E-state index is 0.218. The summed E-state index contributed by atoms with van der Waals surface area (Å²) >= 11 is 12.4. The summed E-state index contributed by atoms with van der Waals surface area (Å²) in [5, 5.41) is 4.24. The van der Waals surface area contributed by atoms with Gasteiger partial charge in [0.25, 0.3) is 0 Å². The first kappa shape index (κ1) is 22.7. The Bertz CT molecular complexity index is 1130. The number of carbonyl (C=O) groups excluding carboxylic acids is 1. The SMILES string of the molecule is COc1ccc2c(Nc3c(Cl)cncc3Cl)cc(=O)oc2c1OCCCCOC(C)=O. The molecule has 1 aromatic carbocycles. The molecule has 0 spiro atoms. The van der Waals surface area contributed by atoms with Gasteiger partial charge >= 0.3 is 11.6 Å². The number of hydrogen-bond acceptors (Lipinski definition) is 8. The van der Waals surface area contributed by atoms with Crippen molar-refractivity contribution in [1.82, 2.24) is 4.98 Å². The van der Waals surface area contributed by atoms with E-state index in [4.69, 9.17) is 41.8 Å². The molecule has 0 aliphatic carbocycles. The second-order valence-electron chi connectivity index (χ2n) is 6.45. The smallest absolute Gasteiger partial charge is 0.338 e. The van der Waals surface area contributed by atoms with Crippen LogP contribution in [0.25, 0.3) is 11.0 Å². The van der Waals surface area contributed by atoms with E-state index in [0.717, 1.165) is 0 Å². The number of carbonyl (C=O) groups is 1. The highest BCUT2D eigenvalue weighted by atomic mass is 35.5. The molecule has 3 rings (SSSR count).